The first-order valence-electron chi connectivity index (χ1n) is 5.12. The Kier molecular flexibility index (Phi) is 3.75. The molecule has 1 saturated heterocycles. The van der Waals surface area contributed by atoms with Crippen LogP contribution in [0, 0.1) is 6.92 Å². The third-order valence-corrected chi connectivity index (χ3v) is 4.31. The number of amides is 2. The van der Waals surface area contributed by atoms with Crippen LogP contribution in [-0.4, -0.2) is 39.6 Å². The molecule has 2 heterocycles. The Bertz CT molecular complexity index is 448. The second-order valence-electron chi connectivity index (χ2n) is 3.52. The van der Waals surface area contributed by atoms with Crippen LogP contribution < -0.4 is 10.6 Å². The molecule has 6 nitrogen and oxygen atoms in total. The molecule has 2 rings (SSSR count). The minimum atomic E-state index is -0.324. The van der Waals surface area contributed by atoms with Crippen molar-refractivity contribution in [3.63, 3.8) is 0 Å². The number of anilines is 1. The Morgan fingerprint density at radius 1 is 1.53 bits per heavy atom. The fourth-order valence-corrected chi connectivity index (χ4v) is 3.16. The van der Waals surface area contributed by atoms with Gasteiger partial charge in [-0.1, -0.05) is 11.3 Å². The quantitative estimate of drug-likeness (QED) is 0.786. The van der Waals surface area contributed by atoms with Crippen molar-refractivity contribution in [2.24, 2.45) is 5.73 Å². The van der Waals surface area contributed by atoms with Crippen molar-refractivity contribution < 1.29 is 9.59 Å². The zero-order chi connectivity index (χ0) is 12.4. The molecule has 1 unspecified atom stereocenters. The van der Waals surface area contributed by atoms with Crippen LogP contribution in [0.2, 0.25) is 0 Å². The molecule has 1 aromatic rings. The molecule has 1 aliphatic heterocycles. The van der Waals surface area contributed by atoms with E-state index in [0.717, 1.165) is 9.91 Å². The summed E-state index contributed by atoms with van der Waals surface area (Å²) in [6.07, 6.45) is 0.224. The Morgan fingerprint density at radius 3 is 2.88 bits per heavy atom. The summed E-state index contributed by atoms with van der Waals surface area (Å²) >= 11 is 2.67. The van der Waals surface area contributed by atoms with Crippen LogP contribution >= 0.6 is 23.1 Å². The first-order chi connectivity index (χ1) is 8.13. The lowest BCUT2D eigenvalue weighted by Crippen LogP contribution is -2.31. The smallest absolute Gasteiger partial charge is 0.249 e. The molecule has 0 saturated carbocycles. The highest BCUT2D eigenvalue weighted by molar-refractivity contribution is 8.00. The second kappa shape index (κ2) is 5.11. The predicted molar refractivity (Wildman–Crippen MR) is 67.1 cm³/mol. The highest BCUT2D eigenvalue weighted by Crippen LogP contribution is 2.30. The molecule has 0 radical (unpaired) electrons. The largest absolute Gasteiger partial charge is 0.330 e. The molecule has 1 fully saturated rings. The van der Waals surface area contributed by atoms with Crippen molar-refractivity contribution in [3.8, 4) is 0 Å². The van der Waals surface area contributed by atoms with E-state index in [2.05, 4.69) is 10.2 Å². The van der Waals surface area contributed by atoms with Crippen LogP contribution in [0.4, 0.5) is 5.13 Å². The lowest BCUT2D eigenvalue weighted by Gasteiger charge is -2.09. The van der Waals surface area contributed by atoms with Gasteiger partial charge in [0, 0.05) is 18.7 Å². The number of aryl methyl sites for hydroxylation is 1. The van der Waals surface area contributed by atoms with E-state index in [1.165, 1.54) is 23.1 Å². The van der Waals surface area contributed by atoms with Crippen LogP contribution in [0.5, 0.6) is 0 Å². The van der Waals surface area contributed by atoms with Crippen molar-refractivity contribution in [2.75, 3.05) is 17.2 Å². The van der Waals surface area contributed by atoms with E-state index < -0.39 is 0 Å². The van der Waals surface area contributed by atoms with Gasteiger partial charge in [0.15, 0.2) is 0 Å². The maximum absolute atomic E-state index is 12.0. The van der Waals surface area contributed by atoms with E-state index >= 15 is 0 Å². The van der Waals surface area contributed by atoms with Gasteiger partial charge in [-0.3, -0.25) is 9.59 Å². The van der Waals surface area contributed by atoms with Gasteiger partial charge in [0.05, 0.1) is 5.25 Å². The zero-order valence-corrected chi connectivity index (χ0v) is 10.9. The minimum Gasteiger partial charge on any atom is -0.330 e. The molecule has 1 aromatic heterocycles. The van der Waals surface area contributed by atoms with Gasteiger partial charge in [-0.25, -0.2) is 4.90 Å². The molecule has 17 heavy (non-hydrogen) atoms. The first-order valence-corrected chi connectivity index (χ1v) is 6.98. The number of hydrogen-bond acceptors (Lipinski definition) is 7. The van der Waals surface area contributed by atoms with E-state index in [0.29, 0.717) is 17.4 Å². The molecule has 92 valence electrons. The van der Waals surface area contributed by atoms with Crippen molar-refractivity contribution in [2.45, 2.75) is 18.6 Å². The number of aromatic nitrogens is 2. The van der Waals surface area contributed by atoms with Gasteiger partial charge >= 0.3 is 0 Å². The van der Waals surface area contributed by atoms with E-state index in [-0.39, 0.29) is 23.5 Å². The third kappa shape index (κ3) is 2.48. The van der Waals surface area contributed by atoms with Gasteiger partial charge in [0.2, 0.25) is 16.9 Å². The van der Waals surface area contributed by atoms with Crippen LogP contribution in [0.3, 0.4) is 0 Å². The van der Waals surface area contributed by atoms with E-state index in [1.807, 2.05) is 0 Å². The summed E-state index contributed by atoms with van der Waals surface area (Å²) in [6.45, 7) is 2.29. The molecule has 0 aliphatic carbocycles. The monoisotopic (exact) mass is 272 g/mol. The molecule has 0 aromatic carbocycles. The average Bonchev–Trinajstić information content (AvgIpc) is 2.81. The first kappa shape index (κ1) is 12.5. The van der Waals surface area contributed by atoms with Crippen molar-refractivity contribution in [3.05, 3.63) is 5.01 Å². The number of rotatable bonds is 4. The van der Waals surface area contributed by atoms with Crippen LogP contribution in [0.15, 0.2) is 0 Å². The second-order valence-corrected chi connectivity index (χ2v) is 5.99. The molecule has 8 heteroatoms. The van der Waals surface area contributed by atoms with Gasteiger partial charge < -0.3 is 5.73 Å². The van der Waals surface area contributed by atoms with Gasteiger partial charge in [0.25, 0.3) is 0 Å². The summed E-state index contributed by atoms with van der Waals surface area (Å²) in [5.41, 5.74) is 5.38. The Labute approximate surface area is 107 Å². The SMILES string of the molecule is Cc1nnc(N2C(=O)CC(SCCN)C2=O)s1. The van der Waals surface area contributed by atoms with Crippen LogP contribution in [0.1, 0.15) is 11.4 Å². The van der Waals surface area contributed by atoms with E-state index in [4.69, 9.17) is 5.73 Å². The van der Waals surface area contributed by atoms with Crippen LogP contribution in [-0.2, 0) is 9.59 Å². The van der Waals surface area contributed by atoms with Gasteiger partial charge in [-0.15, -0.1) is 22.0 Å². The number of carbonyl (C=O) groups is 2. The summed E-state index contributed by atoms with van der Waals surface area (Å²) < 4.78 is 0. The summed E-state index contributed by atoms with van der Waals surface area (Å²) in [7, 11) is 0. The van der Waals surface area contributed by atoms with Gasteiger partial charge in [0.1, 0.15) is 5.01 Å². The maximum atomic E-state index is 12.0. The molecular formula is C9H12N4O2S2. The fraction of sp³-hybridized carbons (Fsp3) is 0.556. The predicted octanol–water partition coefficient (Wildman–Crippen LogP) is 0.170. The maximum Gasteiger partial charge on any atom is 0.249 e. The standard InChI is InChI=1S/C9H12N4O2S2/c1-5-11-12-9(17-5)13-7(14)4-6(8(13)15)16-3-2-10/h6H,2-4,10H2,1H3. The topological polar surface area (TPSA) is 89.2 Å². The third-order valence-electron chi connectivity index (χ3n) is 2.25. The molecule has 1 aliphatic rings. The highest BCUT2D eigenvalue weighted by Gasteiger charge is 2.41. The Balaban J connectivity index is 2.14. The number of nitrogens with zero attached hydrogens (tertiary/aromatic N) is 3. The molecular weight excluding hydrogens is 260 g/mol. The van der Waals surface area contributed by atoms with Crippen molar-refractivity contribution >= 4 is 40.0 Å². The molecule has 2 amide bonds. The minimum absolute atomic E-state index is 0.204. The van der Waals surface area contributed by atoms with Gasteiger partial charge in [-0.2, -0.15) is 0 Å². The lowest BCUT2D eigenvalue weighted by atomic mass is 10.4. The summed E-state index contributed by atoms with van der Waals surface area (Å²) in [5.74, 6) is 0.262. The highest BCUT2D eigenvalue weighted by atomic mass is 32.2. The Hall–Kier alpha value is -0.990. The molecule has 0 spiro atoms. The average molecular weight is 272 g/mol. The van der Waals surface area contributed by atoms with Crippen LogP contribution in [0.25, 0.3) is 0 Å². The number of hydrogen-bond donors (Lipinski definition) is 1. The Morgan fingerprint density at radius 2 is 2.29 bits per heavy atom. The van der Waals surface area contributed by atoms with Gasteiger partial charge in [-0.05, 0) is 6.92 Å². The number of imide groups is 1. The van der Waals surface area contributed by atoms with E-state index in [9.17, 15) is 9.59 Å². The molecule has 2 N–H and O–H groups in total. The normalized spacial score (nSPS) is 20.4. The fourth-order valence-electron chi connectivity index (χ4n) is 1.52. The number of thioether (sulfide) groups is 1. The molecule has 1 atom stereocenters. The summed E-state index contributed by atoms with van der Waals surface area (Å²) in [4.78, 5) is 24.9. The summed E-state index contributed by atoms with van der Waals surface area (Å²) in [6, 6.07) is 0. The van der Waals surface area contributed by atoms with Crippen molar-refractivity contribution in [1.82, 2.24) is 10.2 Å². The summed E-state index contributed by atoms with van der Waals surface area (Å²) in [5, 5.41) is 8.42. The molecule has 0 bridgehead atoms. The van der Waals surface area contributed by atoms with Crippen molar-refractivity contribution in [1.29, 1.82) is 0 Å². The zero-order valence-electron chi connectivity index (χ0n) is 9.25. The van der Waals surface area contributed by atoms with E-state index in [1.54, 1.807) is 6.92 Å². The lowest BCUT2D eigenvalue weighted by molar-refractivity contribution is -0.121. The number of carbonyl (C=O) groups excluding carboxylic acids is 2. The number of nitrogens with two attached hydrogens (primary N) is 1.